The van der Waals surface area contributed by atoms with Crippen LogP contribution < -0.4 is 5.73 Å². The van der Waals surface area contributed by atoms with Gasteiger partial charge in [0.25, 0.3) is 0 Å². The average Bonchev–Trinajstić information content (AvgIpc) is 2.86. The fourth-order valence-electron chi connectivity index (χ4n) is 2.49. The van der Waals surface area contributed by atoms with Gasteiger partial charge in [0.15, 0.2) is 0 Å². The number of carbonyl (C=O) groups excluding carboxylic acids is 1. The van der Waals surface area contributed by atoms with Crippen molar-refractivity contribution in [2.75, 3.05) is 6.54 Å². The van der Waals surface area contributed by atoms with Crippen LogP contribution in [0.15, 0.2) is 15.9 Å². The van der Waals surface area contributed by atoms with E-state index in [9.17, 15) is 4.79 Å². The lowest BCUT2D eigenvalue weighted by molar-refractivity contribution is -0.123. The second kappa shape index (κ2) is 5.43. The fourth-order valence-corrected chi connectivity index (χ4v) is 3.99. The van der Waals surface area contributed by atoms with Gasteiger partial charge in [0.1, 0.15) is 5.78 Å². The lowest BCUT2D eigenvalue weighted by Gasteiger charge is -2.15. The Morgan fingerprint density at radius 1 is 1.50 bits per heavy atom. The molecule has 1 aliphatic carbocycles. The molecule has 0 spiro atoms. The summed E-state index contributed by atoms with van der Waals surface area (Å²) >= 11 is 5.07. The first kappa shape index (κ1) is 12.3. The van der Waals surface area contributed by atoms with Gasteiger partial charge in [-0.1, -0.05) is 6.42 Å². The molecule has 0 aliphatic heterocycles. The number of carbonyl (C=O) groups is 1. The minimum atomic E-state index is 0.214. The lowest BCUT2D eigenvalue weighted by Crippen LogP contribution is -2.26. The molecule has 2 atom stereocenters. The van der Waals surface area contributed by atoms with E-state index in [1.807, 2.05) is 12.1 Å². The van der Waals surface area contributed by atoms with Crippen LogP contribution in [0.4, 0.5) is 0 Å². The molecule has 0 amide bonds. The van der Waals surface area contributed by atoms with E-state index in [-0.39, 0.29) is 5.92 Å². The second-order valence-electron chi connectivity index (χ2n) is 4.38. The highest BCUT2D eigenvalue weighted by molar-refractivity contribution is 9.11. The van der Waals surface area contributed by atoms with Crippen LogP contribution in [0, 0.1) is 11.8 Å². The standard InChI is InChI=1S/C12H16BrNOS/c13-12-5-4-9(16-12)6-11(15)10-3-1-2-8(10)7-14/h4-5,8,10H,1-3,6-7,14H2. The van der Waals surface area contributed by atoms with E-state index in [1.165, 1.54) is 0 Å². The summed E-state index contributed by atoms with van der Waals surface area (Å²) in [4.78, 5) is 13.3. The molecular formula is C12H16BrNOS. The molecule has 0 bridgehead atoms. The number of Topliss-reactive ketones (excluding diaryl/α,β-unsaturated/α-hetero) is 1. The SMILES string of the molecule is NCC1CCCC1C(=O)Cc1ccc(Br)s1. The summed E-state index contributed by atoms with van der Waals surface area (Å²) in [6, 6.07) is 4.03. The maximum atomic E-state index is 12.1. The van der Waals surface area contributed by atoms with E-state index in [2.05, 4.69) is 15.9 Å². The lowest BCUT2D eigenvalue weighted by atomic mass is 9.90. The molecule has 2 N–H and O–H groups in total. The van der Waals surface area contributed by atoms with Gasteiger partial charge in [-0.3, -0.25) is 4.79 Å². The van der Waals surface area contributed by atoms with Crippen LogP contribution in [0.5, 0.6) is 0 Å². The first-order chi connectivity index (χ1) is 7.70. The molecule has 1 aromatic rings. The van der Waals surface area contributed by atoms with E-state index in [0.29, 0.717) is 24.7 Å². The molecular weight excluding hydrogens is 286 g/mol. The van der Waals surface area contributed by atoms with Crippen LogP contribution in [-0.2, 0) is 11.2 Å². The molecule has 0 aromatic carbocycles. The van der Waals surface area contributed by atoms with E-state index in [4.69, 9.17) is 5.73 Å². The molecule has 1 fully saturated rings. The van der Waals surface area contributed by atoms with Crippen LogP contribution in [0.1, 0.15) is 24.1 Å². The average molecular weight is 302 g/mol. The number of thiophene rings is 1. The number of hydrogen-bond donors (Lipinski definition) is 1. The van der Waals surface area contributed by atoms with Gasteiger partial charge in [0.05, 0.1) is 3.79 Å². The highest BCUT2D eigenvalue weighted by atomic mass is 79.9. The number of hydrogen-bond acceptors (Lipinski definition) is 3. The quantitative estimate of drug-likeness (QED) is 0.929. The zero-order valence-corrected chi connectivity index (χ0v) is 11.5. The van der Waals surface area contributed by atoms with E-state index >= 15 is 0 Å². The van der Waals surface area contributed by atoms with Crippen molar-refractivity contribution < 1.29 is 4.79 Å². The van der Waals surface area contributed by atoms with E-state index < -0.39 is 0 Å². The van der Waals surface area contributed by atoms with Crippen LogP contribution in [0.2, 0.25) is 0 Å². The summed E-state index contributed by atoms with van der Waals surface area (Å²) in [6.07, 6.45) is 3.90. The first-order valence-corrected chi connectivity index (χ1v) is 7.28. The summed E-state index contributed by atoms with van der Waals surface area (Å²) in [6.45, 7) is 0.657. The van der Waals surface area contributed by atoms with Crippen molar-refractivity contribution in [2.45, 2.75) is 25.7 Å². The zero-order chi connectivity index (χ0) is 11.5. The van der Waals surface area contributed by atoms with Crippen molar-refractivity contribution in [3.8, 4) is 0 Å². The van der Waals surface area contributed by atoms with Crippen molar-refractivity contribution in [1.82, 2.24) is 0 Å². The van der Waals surface area contributed by atoms with Crippen molar-refractivity contribution in [3.05, 3.63) is 20.8 Å². The van der Waals surface area contributed by atoms with Gasteiger partial charge in [0.2, 0.25) is 0 Å². The molecule has 1 aromatic heterocycles. The molecule has 1 heterocycles. The summed E-state index contributed by atoms with van der Waals surface area (Å²) in [7, 11) is 0. The Hall–Kier alpha value is -0.190. The molecule has 16 heavy (non-hydrogen) atoms. The minimum absolute atomic E-state index is 0.214. The summed E-state index contributed by atoms with van der Waals surface area (Å²) in [5.41, 5.74) is 5.70. The Kier molecular flexibility index (Phi) is 4.16. The van der Waals surface area contributed by atoms with Crippen molar-refractivity contribution in [1.29, 1.82) is 0 Å². The third-order valence-electron chi connectivity index (χ3n) is 3.35. The molecule has 1 aliphatic rings. The van der Waals surface area contributed by atoms with Gasteiger partial charge >= 0.3 is 0 Å². The third-order valence-corrected chi connectivity index (χ3v) is 4.98. The molecule has 0 radical (unpaired) electrons. The van der Waals surface area contributed by atoms with Gasteiger partial charge in [-0.05, 0) is 53.4 Å². The monoisotopic (exact) mass is 301 g/mol. The second-order valence-corrected chi connectivity index (χ2v) is 6.93. The van der Waals surface area contributed by atoms with Gasteiger partial charge in [-0.15, -0.1) is 11.3 Å². The van der Waals surface area contributed by atoms with Crippen LogP contribution in [0.3, 0.4) is 0 Å². The predicted molar refractivity (Wildman–Crippen MR) is 70.6 cm³/mol. The third kappa shape index (κ3) is 2.73. The Labute approximate surface area is 108 Å². The number of halogens is 1. The van der Waals surface area contributed by atoms with Crippen molar-refractivity contribution in [2.24, 2.45) is 17.6 Å². The fraction of sp³-hybridized carbons (Fsp3) is 0.583. The summed E-state index contributed by atoms with van der Waals surface area (Å²) < 4.78 is 1.09. The van der Waals surface area contributed by atoms with Crippen LogP contribution >= 0.6 is 27.3 Å². The zero-order valence-electron chi connectivity index (χ0n) is 9.12. The Morgan fingerprint density at radius 2 is 2.31 bits per heavy atom. The first-order valence-electron chi connectivity index (χ1n) is 5.67. The van der Waals surface area contributed by atoms with Gasteiger partial charge in [0, 0.05) is 17.2 Å². The largest absolute Gasteiger partial charge is 0.330 e. The van der Waals surface area contributed by atoms with Crippen LogP contribution in [0.25, 0.3) is 0 Å². The number of ketones is 1. The Bertz CT molecular complexity index is 377. The van der Waals surface area contributed by atoms with Gasteiger partial charge < -0.3 is 5.73 Å². The summed E-state index contributed by atoms with van der Waals surface area (Å²) in [5, 5.41) is 0. The summed E-state index contributed by atoms with van der Waals surface area (Å²) in [5.74, 6) is 1.02. The van der Waals surface area contributed by atoms with Crippen LogP contribution in [-0.4, -0.2) is 12.3 Å². The van der Waals surface area contributed by atoms with E-state index in [1.54, 1.807) is 11.3 Å². The molecule has 0 saturated heterocycles. The molecule has 1 saturated carbocycles. The molecule has 2 unspecified atom stereocenters. The number of rotatable bonds is 4. The van der Waals surface area contributed by atoms with Crippen molar-refractivity contribution in [3.63, 3.8) is 0 Å². The predicted octanol–water partition coefficient (Wildman–Crippen LogP) is 3.00. The molecule has 2 nitrogen and oxygen atoms in total. The normalized spacial score (nSPS) is 24.9. The Balaban J connectivity index is 1.97. The molecule has 88 valence electrons. The maximum Gasteiger partial charge on any atom is 0.141 e. The highest BCUT2D eigenvalue weighted by Gasteiger charge is 2.31. The number of nitrogens with two attached hydrogens (primary N) is 1. The topological polar surface area (TPSA) is 43.1 Å². The van der Waals surface area contributed by atoms with Crippen molar-refractivity contribution >= 4 is 33.0 Å². The van der Waals surface area contributed by atoms with Gasteiger partial charge in [-0.25, -0.2) is 0 Å². The smallest absolute Gasteiger partial charge is 0.141 e. The maximum absolute atomic E-state index is 12.1. The highest BCUT2D eigenvalue weighted by Crippen LogP contribution is 2.33. The Morgan fingerprint density at radius 3 is 2.94 bits per heavy atom. The minimum Gasteiger partial charge on any atom is -0.330 e. The van der Waals surface area contributed by atoms with E-state index in [0.717, 1.165) is 27.9 Å². The molecule has 4 heteroatoms. The van der Waals surface area contributed by atoms with Gasteiger partial charge in [-0.2, -0.15) is 0 Å². The molecule has 2 rings (SSSR count).